The van der Waals surface area contributed by atoms with Crippen LogP contribution in [0.2, 0.25) is 0 Å². The number of unbranched alkanes of at least 4 members (excludes halogenated alkanes) is 37. The Bertz CT molecular complexity index is 1640. The molecule has 0 fully saturated rings. The van der Waals surface area contributed by atoms with Crippen molar-refractivity contribution in [2.24, 2.45) is 0 Å². The molecule has 0 unspecified atom stereocenters. The molecule has 1 aliphatic heterocycles. The summed E-state index contributed by atoms with van der Waals surface area (Å²) in [6.45, 7) is 11.5. The first-order chi connectivity index (χ1) is 34.5. The lowest BCUT2D eigenvalue weighted by Gasteiger charge is -2.15. The Morgan fingerprint density at radius 1 is 0.271 bits per heavy atom. The Balaban J connectivity index is 1.48. The van der Waals surface area contributed by atoms with Crippen molar-refractivity contribution in [3.8, 4) is 0 Å². The van der Waals surface area contributed by atoms with Crippen molar-refractivity contribution in [3.63, 3.8) is 0 Å². The zero-order chi connectivity index (χ0) is 50.0. The molecule has 0 saturated heterocycles. The second kappa shape index (κ2) is 43.0. The van der Waals surface area contributed by atoms with E-state index in [1.54, 1.807) is 4.70 Å². The van der Waals surface area contributed by atoms with Crippen LogP contribution in [-0.4, -0.2) is 4.70 Å². The van der Waals surface area contributed by atoms with Gasteiger partial charge in [0.25, 0.3) is 0 Å². The predicted molar refractivity (Wildman–Crippen MR) is 313 cm³/mol. The Labute approximate surface area is 437 Å². The lowest BCUT2D eigenvalue weighted by molar-refractivity contribution is -0.344. The summed E-state index contributed by atoms with van der Waals surface area (Å²) in [5.41, 5.74) is 23.8. The van der Waals surface area contributed by atoms with Crippen LogP contribution in [-0.2, 0) is 25.7 Å². The van der Waals surface area contributed by atoms with Crippen LogP contribution < -0.4 is 0 Å². The summed E-state index contributed by atoms with van der Waals surface area (Å²) in [7, 11) is 0. The Morgan fingerprint density at radius 2 is 0.514 bits per heavy atom. The van der Waals surface area contributed by atoms with Crippen LogP contribution in [0.25, 0.3) is 16.9 Å². The van der Waals surface area contributed by atoms with Crippen LogP contribution in [0.15, 0.2) is 48.0 Å². The number of nitrogens with zero attached hydrogens (tertiary/aromatic N) is 2. The van der Waals surface area contributed by atoms with Crippen LogP contribution in [0.4, 0.5) is 0 Å². The largest absolute Gasteiger partial charge is 0.493 e. The first kappa shape index (κ1) is 61.8. The van der Waals surface area contributed by atoms with Crippen molar-refractivity contribution in [1.82, 2.24) is 0 Å². The highest BCUT2D eigenvalue weighted by molar-refractivity contribution is 5.79. The van der Waals surface area contributed by atoms with Crippen LogP contribution in [0, 0.1) is 0 Å². The van der Waals surface area contributed by atoms with Gasteiger partial charge in [-0.1, -0.05) is 284 Å². The minimum Gasteiger partial charge on any atom is -0.493 e. The Hall–Kier alpha value is -2.48. The van der Waals surface area contributed by atoms with Crippen molar-refractivity contribution >= 4 is 11.4 Å². The van der Waals surface area contributed by atoms with Crippen molar-refractivity contribution < 1.29 is 4.70 Å². The normalized spacial score (nSPS) is 12.8. The molecule has 70 heavy (non-hydrogen) atoms. The molecule has 0 radical (unpaired) electrons. The second-order valence-electron chi connectivity index (χ2n) is 22.6. The number of rotatable bonds is 49. The van der Waals surface area contributed by atoms with Crippen LogP contribution in [0.3, 0.4) is 0 Å². The standard InChI is InChI=1S/C68H116N2/c1-6-11-16-18-20-22-24-26-28-30-32-34-36-38-40-42-44-46-50-62-53-60(48-13-8-3)55-65(56-62)67-59-64(52-15-10-5)68(70(67)69)66-57-61(49-14-9-4)54-63(58-66)51-47-45-43-41-39-37-35-33-31-29-27-25-23-21-19-17-12-7-2/h53-59H,6-52H2,1-5H3. The van der Waals surface area contributed by atoms with Crippen LogP contribution in [0.5, 0.6) is 0 Å². The Kier molecular flexibility index (Phi) is 37.9. The molecule has 1 heterocycles. The first-order valence-electron chi connectivity index (χ1n) is 31.7. The summed E-state index contributed by atoms with van der Waals surface area (Å²) in [5.74, 6) is 0. The third kappa shape index (κ3) is 28.7. The topological polar surface area (TPSA) is 25.3 Å². The van der Waals surface area contributed by atoms with Crippen LogP contribution >= 0.6 is 0 Å². The van der Waals surface area contributed by atoms with Gasteiger partial charge < -0.3 is 5.53 Å². The number of hydrogen-bond donors (Lipinski definition) is 0. The van der Waals surface area contributed by atoms with E-state index in [9.17, 15) is 5.53 Å². The fraction of sp³-hybridized carbons (Fsp3) is 0.765. The molecule has 0 saturated carbocycles. The van der Waals surface area contributed by atoms with Crippen molar-refractivity contribution in [2.75, 3.05) is 0 Å². The molecule has 0 atom stereocenters. The molecule has 3 rings (SSSR count). The lowest BCUT2D eigenvalue weighted by Crippen LogP contribution is -2.05. The first-order valence-corrected chi connectivity index (χ1v) is 31.7. The highest BCUT2D eigenvalue weighted by atomic mass is 15.2. The second-order valence-corrected chi connectivity index (χ2v) is 22.6. The monoisotopic (exact) mass is 961 g/mol. The lowest BCUT2D eigenvalue weighted by atomic mass is 9.95. The molecular weight excluding hydrogens is 845 g/mol. The smallest absolute Gasteiger partial charge is 0.210 e. The van der Waals surface area contributed by atoms with E-state index in [1.807, 2.05) is 0 Å². The van der Waals surface area contributed by atoms with E-state index in [0.717, 1.165) is 56.3 Å². The molecule has 2 aromatic rings. The van der Waals surface area contributed by atoms with Crippen LogP contribution in [0.1, 0.15) is 344 Å². The van der Waals surface area contributed by atoms with Gasteiger partial charge in [-0.3, -0.25) is 0 Å². The molecule has 0 N–H and O–H groups in total. The van der Waals surface area contributed by atoms with E-state index in [2.05, 4.69) is 77.1 Å². The summed E-state index contributed by atoms with van der Waals surface area (Å²) in [5, 5.41) is 0. The summed E-state index contributed by atoms with van der Waals surface area (Å²) >= 11 is 0. The maximum atomic E-state index is 12.3. The number of aryl methyl sites for hydroxylation is 4. The van der Waals surface area contributed by atoms with E-state index in [1.165, 1.54) is 296 Å². The summed E-state index contributed by atoms with van der Waals surface area (Å²) in [6.07, 6.45) is 65.9. The molecule has 0 bridgehead atoms. The fourth-order valence-corrected chi connectivity index (χ4v) is 11.2. The van der Waals surface area contributed by atoms with Gasteiger partial charge in [-0.2, -0.15) is 0 Å². The molecule has 2 heteroatoms. The molecule has 0 amide bonds. The highest BCUT2D eigenvalue weighted by Gasteiger charge is 2.29. The van der Waals surface area contributed by atoms with Gasteiger partial charge in [0, 0.05) is 22.8 Å². The molecule has 2 aromatic carbocycles. The number of benzene rings is 2. The van der Waals surface area contributed by atoms with E-state index < -0.39 is 0 Å². The average Bonchev–Trinajstić information content (AvgIpc) is 3.71. The van der Waals surface area contributed by atoms with Crippen molar-refractivity contribution in [1.29, 1.82) is 0 Å². The zero-order valence-corrected chi connectivity index (χ0v) is 47.7. The summed E-state index contributed by atoms with van der Waals surface area (Å²) in [6, 6.07) is 14.6. The summed E-state index contributed by atoms with van der Waals surface area (Å²) < 4.78 is 1.60. The minimum atomic E-state index is 0.975. The van der Waals surface area contributed by atoms with E-state index in [4.69, 9.17) is 0 Å². The number of hydrogen-bond acceptors (Lipinski definition) is 0. The molecule has 0 aromatic heterocycles. The maximum Gasteiger partial charge on any atom is 0.210 e. The third-order valence-corrected chi connectivity index (χ3v) is 15.8. The van der Waals surface area contributed by atoms with Gasteiger partial charge in [0.1, 0.15) is 0 Å². The third-order valence-electron chi connectivity index (χ3n) is 15.8. The van der Waals surface area contributed by atoms with Gasteiger partial charge in [0.15, 0.2) is 0 Å². The predicted octanol–water partition coefficient (Wildman–Crippen LogP) is 23.5. The fourth-order valence-electron chi connectivity index (χ4n) is 11.2. The Morgan fingerprint density at radius 3 is 0.814 bits per heavy atom. The summed E-state index contributed by atoms with van der Waals surface area (Å²) in [4.78, 5) is 0. The molecular formula is C68H116N2. The van der Waals surface area contributed by atoms with Gasteiger partial charge in [-0.05, 0) is 111 Å². The van der Waals surface area contributed by atoms with Crippen molar-refractivity contribution in [3.05, 3.63) is 87.0 Å². The van der Waals surface area contributed by atoms with Crippen molar-refractivity contribution in [2.45, 2.75) is 336 Å². The van der Waals surface area contributed by atoms with Gasteiger partial charge in [0.05, 0.1) is 0 Å². The molecule has 2 nitrogen and oxygen atoms in total. The minimum absolute atomic E-state index is 0.975. The maximum absolute atomic E-state index is 12.3. The van der Waals surface area contributed by atoms with Gasteiger partial charge in [-0.15, -0.1) is 0 Å². The molecule has 1 aliphatic rings. The molecule has 0 aliphatic carbocycles. The zero-order valence-electron chi connectivity index (χ0n) is 47.7. The van der Waals surface area contributed by atoms with E-state index in [0.29, 0.717) is 0 Å². The number of allylic oxidation sites excluding steroid dienone is 2. The molecule has 0 spiro atoms. The highest BCUT2D eigenvalue weighted by Crippen LogP contribution is 2.39. The van der Waals surface area contributed by atoms with Gasteiger partial charge >= 0.3 is 0 Å². The quantitative estimate of drug-likeness (QED) is 0.0466. The van der Waals surface area contributed by atoms with E-state index >= 15 is 0 Å². The van der Waals surface area contributed by atoms with Gasteiger partial charge in [0.2, 0.25) is 11.4 Å². The molecule has 398 valence electrons. The van der Waals surface area contributed by atoms with E-state index in [-0.39, 0.29) is 0 Å². The van der Waals surface area contributed by atoms with Gasteiger partial charge in [-0.25, -0.2) is 4.70 Å². The average molecular weight is 962 g/mol. The SMILES string of the molecule is CCCCCCCCCCCCCCCCCCCCc1cc(CCCC)cc(C2=CC(CCCC)=C(c3cc(CCCC)cc(CCCCCCCCCCCCCCCCCCCC)c3)[N+]2=[N-])c1.